The summed E-state index contributed by atoms with van der Waals surface area (Å²) < 4.78 is 66.5. The number of ether oxygens (including phenoxy) is 1. The molecule has 0 spiro atoms. The first-order valence-electron chi connectivity index (χ1n) is 7.59. The molecule has 0 aliphatic heterocycles. The van der Waals surface area contributed by atoms with E-state index in [4.69, 9.17) is 4.74 Å². The Morgan fingerprint density at radius 1 is 1.07 bits per heavy atom. The van der Waals surface area contributed by atoms with Crippen LogP contribution in [0, 0.1) is 5.82 Å². The third-order valence-corrected chi connectivity index (χ3v) is 5.01. The predicted molar refractivity (Wildman–Crippen MR) is 89.4 cm³/mol. The van der Waals surface area contributed by atoms with Crippen molar-refractivity contribution in [3.8, 4) is 11.5 Å². The summed E-state index contributed by atoms with van der Waals surface area (Å²) in [7, 11) is -8.66. The van der Waals surface area contributed by atoms with Gasteiger partial charge in [-0.3, -0.25) is 0 Å². The first kappa shape index (κ1) is 29.5. The molecule has 0 amide bonds. The van der Waals surface area contributed by atoms with Gasteiger partial charge in [0, 0.05) is 6.07 Å². The minimum Gasteiger partial charge on any atom is -0.781 e. The van der Waals surface area contributed by atoms with E-state index in [9.17, 15) is 26.8 Å². The van der Waals surface area contributed by atoms with Gasteiger partial charge in [-0.05, 0) is 49.1 Å². The monoisotopic (exact) mass is 480 g/mol. The number of rotatable bonds is 9. The van der Waals surface area contributed by atoms with E-state index in [-0.39, 0.29) is 116 Å². The van der Waals surface area contributed by atoms with Gasteiger partial charge in [-0.2, -0.15) is 0 Å². The molecule has 2 unspecified atom stereocenters. The quantitative estimate of drug-likeness (QED) is 0.209. The topological polar surface area (TPSA) is 116 Å². The van der Waals surface area contributed by atoms with Crippen LogP contribution in [-0.2, 0) is 25.6 Å². The van der Waals surface area contributed by atoms with E-state index in [1.807, 2.05) is 0 Å². The number of halogens is 1. The fraction of sp³-hybridized carbons (Fsp3) is 0.250. The Balaban J connectivity index is 0.00000364. The van der Waals surface area contributed by atoms with E-state index in [1.165, 1.54) is 18.2 Å². The number of hydrogen-bond acceptors (Lipinski definition) is 7. The van der Waals surface area contributed by atoms with Crippen molar-refractivity contribution in [3.63, 3.8) is 0 Å². The average molecular weight is 481 g/mol. The molecule has 12 heteroatoms. The zero-order valence-corrected chi connectivity index (χ0v) is 23.5. The molecule has 2 aromatic rings. The SMILES string of the molecule is O=[PH]([O-])OC(CCCc1cccc(Oc2cccc(F)c2)c1)S(=O)(=O)[O-].[K+].[K+]. The minimum atomic E-state index is -4.87. The summed E-state index contributed by atoms with van der Waals surface area (Å²) in [6.07, 6.45) is 0.333. The zero-order valence-electron chi connectivity index (χ0n) is 15.5. The van der Waals surface area contributed by atoms with Gasteiger partial charge < -0.3 is 23.3 Å². The zero-order chi connectivity index (χ0) is 19.2. The van der Waals surface area contributed by atoms with Gasteiger partial charge in [0.15, 0.2) is 5.44 Å². The second kappa shape index (κ2) is 14.5. The standard InChI is InChI=1S/C16H18FO7PS.2K/c17-13-6-3-8-15(11-13)23-14-7-1-4-12(10-14)5-2-9-16(24-25(18)19)26(20,21)22;;/h1,3-4,6-8,10-11,16,25H,2,5,9H2,(H,18,19)(H,20,21,22);;/q;2*+1/p-2. The van der Waals surface area contributed by atoms with E-state index >= 15 is 0 Å². The van der Waals surface area contributed by atoms with Crippen LogP contribution in [0.3, 0.4) is 0 Å². The summed E-state index contributed by atoms with van der Waals surface area (Å²) in [5.74, 6) is 0.358. The van der Waals surface area contributed by atoms with Crippen molar-refractivity contribution in [2.45, 2.75) is 24.7 Å². The first-order valence-corrected chi connectivity index (χ1v) is 10.3. The fourth-order valence-corrected chi connectivity index (χ4v) is 3.77. The molecule has 0 aliphatic rings. The van der Waals surface area contributed by atoms with Crippen molar-refractivity contribution in [1.82, 2.24) is 0 Å². The van der Waals surface area contributed by atoms with E-state index in [0.717, 1.165) is 5.56 Å². The van der Waals surface area contributed by atoms with Crippen molar-refractivity contribution < 1.29 is 139 Å². The van der Waals surface area contributed by atoms with Gasteiger partial charge >= 0.3 is 103 Å². The van der Waals surface area contributed by atoms with Crippen molar-refractivity contribution >= 4 is 18.4 Å². The van der Waals surface area contributed by atoms with Crippen LogP contribution in [0.5, 0.6) is 11.5 Å². The third-order valence-electron chi connectivity index (χ3n) is 3.39. The van der Waals surface area contributed by atoms with Gasteiger partial charge in [-0.25, -0.2) is 12.8 Å². The van der Waals surface area contributed by atoms with Crippen molar-refractivity contribution in [1.29, 1.82) is 0 Å². The maximum absolute atomic E-state index is 13.2. The molecule has 0 N–H and O–H groups in total. The van der Waals surface area contributed by atoms with Crippen LogP contribution in [0.1, 0.15) is 18.4 Å². The molecule has 0 aromatic heterocycles. The molecule has 2 atom stereocenters. The summed E-state index contributed by atoms with van der Waals surface area (Å²) >= 11 is 0. The van der Waals surface area contributed by atoms with Crippen molar-refractivity contribution in [2.24, 2.45) is 0 Å². The molecule has 2 aromatic carbocycles. The van der Waals surface area contributed by atoms with Crippen LogP contribution < -0.4 is 112 Å². The van der Waals surface area contributed by atoms with E-state index in [1.54, 1.807) is 30.3 Å². The molecule has 0 bridgehead atoms. The first-order chi connectivity index (χ1) is 12.2. The molecular formula is C16H16FK2O7PS. The van der Waals surface area contributed by atoms with Crippen LogP contribution in [0.4, 0.5) is 4.39 Å². The van der Waals surface area contributed by atoms with Crippen molar-refractivity contribution in [3.05, 3.63) is 59.9 Å². The van der Waals surface area contributed by atoms with Crippen LogP contribution in [0.25, 0.3) is 0 Å². The Bertz CT molecular complexity index is 883. The summed E-state index contributed by atoms with van der Waals surface area (Å²) in [4.78, 5) is 10.5. The molecule has 0 fully saturated rings. The molecule has 0 saturated carbocycles. The maximum atomic E-state index is 13.2. The average Bonchev–Trinajstić information content (AvgIpc) is 2.53. The fourth-order valence-electron chi connectivity index (χ4n) is 2.27. The third kappa shape index (κ3) is 11.2. The smallest absolute Gasteiger partial charge is 0.781 e. The Morgan fingerprint density at radius 2 is 1.68 bits per heavy atom. The molecule has 2 rings (SSSR count). The molecule has 0 radical (unpaired) electrons. The Labute approximate surface area is 248 Å². The van der Waals surface area contributed by atoms with Crippen LogP contribution in [-0.4, -0.2) is 18.4 Å². The van der Waals surface area contributed by atoms with Crippen LogP contribution >= 0.6 is 8.25 Å². The maximum Gasteiger partial charge on any atom is 1.00 e. The Kier molecular flexibility index (Phi) is 15.3. The van der Waals surface area contributed by atoms with Gasteiger partial charge in [0.2, 0.25) is 0 Å². The molecule has 7 nitrogen and oxygen atoms in total. The molecule has 0 saturated heterocycles. The van der Waals surface area contributed by atoms with Gasteiger partial charge in [-0.15, -0.1) is 0 Å². The Morgan fingerprint density at radius 3 is 2.25 bits per heavy atom. The summed E-state index contributed by atoms with van der Waals surface area (Å²) in [6, 6.07) is 12.5. The van der Waals surface area contributed by atoms with E-state index in [0.29, 0.717) is 17.9 Å². The summed E-state index contributed by atoms with van der Waals surface area (Å²) in [5.41, 5.74) is -1.14. The molecular weight excluding hydrogens is 464 g/mol. The second-order valence-corrected chi connectivity index (χ2v) is 7.64. The van der Waals surface area contributed by atoms with Gasteiger partial charge in [-0.1, -0.05) is 18.2 Å². The Hall–Kier alpha value is 1.50. The largest absolute Gasteiger partial charge is 1.00 e. The number of aryl methyl sites for hydroxylation is 1. The minimum absolute atomic E-state index is 0. The molecule has 142 valence electrons. The van der Waals surface area contributed by atoms with E-state index < -0.39 is 29.6 Å². The van der Waals surface area contributed by atoms with Gasteiger partial charge in [0.05, 0.1) is 0 Å². The number of hydrogen-bond donors (Lipinski definition) is 0. The van der Waals surface area contributed by atoms with Crippen LogP contribution in [0.2, 0.25) is 0 Å². The number of benzene rings is 2. The van der Waals surface area contributed by atoms with Crippen LogP contribution in [0.15, 0.2) is 48.5 Å². The summed E-state index contributed by atoms with van der Waals surface area (Å²) in [6.45, 7) is 0. The molecule has 28 heavy (non-hydrogen) atoms. The van der Waals surface area contributed by atoms with E-state index in [2.05, 4.69) is 4.52 Å². The summed E-state index contributed by atoms with van der Waals surface area (Å²) in [5, 5.41) is 0. The van der Waals surface area contributed by atoms with Crippen molar-refractivity contribution in [2.75, 3.05) is 0 Å². The predicted octanol–water partition coefficient (Wildman–Crippen LogP) is -3.41. The molecule has 0 aliphatic carbocycles. The normalized spacial score (nSPS) is 13.0. The van der Waals surface area contributed by atoms with Gasteiger partial charge in [0.1, 0.15) is 35.7 Å². The molecule has 0 heterocycles. The van der Waals surface area contributed by atoms with Gasteiger partial charge in [0.25, 0.3) is 0 Å². The second-order valence-electron chi connectivity index (χ2n) is 5.39.